The van der Waals surface area contributed by atoms with Crippen LogP contribution in [0.15, 0.2) is 6.07 Å². The Bertz CT molecular complexity index is 407. The van der Waals surface area contributed by atoms with Gasteiger partial charge in [0.05, 0.1) is 0 Å². The molecule has 0 atom stereocenters. The SMILES string of the molecule is Cc1cc(CN2CCNC3(CCCCC3)C2)sc1C. The summed E-state index contributed by atoms with van der Waals surface area (Å²) in [6.45, 7) is 9.26. The number of thiophene rings is 1. The highest BCUT2D eigenvalue weighted by Crippen LogP contribution is 2.31. The Labute approximate surface area is 121 Å². The first-order chi connectivity index (χ1) is 9.17. The molecule has 1 aromatic rings. The summed E-state index contributed by atoms with van der Waals surface area (Å²) >= 11 is 1.98. The molecule has 0 radical (unpaired) electrons. The molecule has 2 heterocycles. The van der Waals surface area contributed by atoms with Crippen molar-refractivity contribution in [3.63, 3.8) is 0 Å². The predicted octanol–water partition coefficient (Wildman–Crippen LogP) is 3.47. The van der Waals surface area contributed by atoms with Crippen LogP contribution in [0.5, 0.6) is 0 Å². The van der Waals surface area contributed by atoms with Crippen LogP contribution in [-0.4, -0.2) is 30.1 Å². The summed E-state index contributed by atoms with van der Waals surface area (Å²) in [6, 6.07) is 2.38. The van der Waals surface area contributed by atoms with Crippen molar-refractivity contribution >= 4 is 11.3 Å². The van der Waals surface area contributed by atoms with Crippen LogP contribution >= 0.6 is 11.3 Å². The van der Waals surface area contributed by atoms with E-state index < -0.39 is 0 Å². The summed E-state index contributed by atoms with van der Waals surface area (Å²) in [4.78, 5) is 5.70. The van der Waals surface area contributed by atoms with E-state index in [9.17, 15) is 0 Å². The molecule has 2 fully saturated rings. The van der Waals surface area contributed by atoms with Gasteiger partial charge in [-0.3, -0.25) is 4.90 Å². The number of nitrogens with zero attached hydrogens (tertiary/aromatic N) is 1. The van der Waals surface area contributed by atoms with Crippen molar-refractivity contribution in [3.05, 3.63) is 21.4 Å². The van der Waals surface area contributed by atoms with Crippen LogP contribution in [0.4, 0.5) is 0 Å². The van der Waals surface area contributed by atoms with E-state index in [1.807, 2.05) is 11.3 Å². The van der Waals surface area contributed by atoms with Gasteiger partial charge >= 0.3 is 0 Å². The first kappa shape index (κ1) is 13.6. The van der Waals surface area contributed by atoms with E-state index in [0.717, 1.165) is 6.54 Å². The second kappa shape index (κ2) is 5.55. The molecule has 1 spiro atoms. The van der Waals surface area contributed by atoms with Crippen molar-refractivity contribution in [1.29, 1.82) is 0 Å². The maximum Gasteiger partial charge on any atom is 0.0329 e. The molecule has 1 aliphatic carbocycles. The van der Waals surface area contributed by atoms with Gasteiger partial charge in [-0.2, -0.15) is 0 Å². The summed E-state index contributed by atoms with van der Waals surface area (Å²) in [6.07, 6.45) is 7.03. The summed E-state index contributed by atoms with van der Waals surface area (Å²) in [5, 5.41) is 3.83. The number of nitrogens with one attached hydrogen (secondary N) is 1. The van der Waals surface area contributed by atoms with Gasteiger partial charge in [0.15, 0.2) is 0 Å². The molecular formula is C16H26N2S. The zero-order valence-corrected chi connectivity index (χ0v) is 13.1. The van der Waals surface area contributed by atoms with Crippen molar-refractivity contribution in [2.45, 2.75) is 58.0 Å². The molecule has 2 aliphatic rings. The van der Waals surface area contributed by atoms with Gasteiger partial charge in [0, 0.05) is 41.5 Å². The normalized spacial score (nSPS) is 23.9. The standard InChI is InChI=1S/C16H26N2S/c1-13-10-15(19-14(13)2)11-18-9-8-17-16(12-18)6-4-3-5-7-16/h10,17H,3-9,11-12H2,1-2H3. The molecule has 1 aromatic heterocycles. The Balaban J connectivity index is 1.64. The van der Waals surface area contributed by atoms with Crippen LogP contribution in [0.25, 0.3) is 0 Å². The average molecular weight is 278 g/mol. The number of piperazine rings is 1. The van der Waals surface area contributed by atoms with Gasteiger partial charge in [-0.1, -0.05) is 19.3 Å². The molecule has 2 nitrogen and oxygen atoms in total. The maximum atomic E-state index is 3.83. The van der Waals surface area contributed by atoms with Gasteiger partial charge in [0.1, 0.15) is 0 Å². The highest BCUT2D eigenvalue weighted by atomic mass is 32.1. The molecule has 1 N–H and O–H groups in total. The van der Waals surface area contributed by atoms with Gasteiger partial charge in [-0.05, 0) is 38.3 Å². The lowest BCUT2D eigenvalue weighted by atomic mass is 9.80. The van der Waals surface area contributed by atoms with Crippen LogP contribution in [0.1, 0.15) is 47.4 Å². The van der Waals surface area contributed by atoms with E-state index in [2.05, 4.69) is 30.1 Å². The monoisotopic (exact) mass is 278 g/mol. The number of hydrogen-bond acceptors (Lipinski definition) is 3. The van der Waals surface area contributed by atoms with Gasteiger partial charge in [0.2, 0.25) is 0 Å². The van der Waals surface area contributed by atoms with Crippen molar-refractivity contribution in [2.75, 3.05) is 19.6 Å². The molecule has 0 unspecified atom stereocenters. The summed E-state index contributed by atoms with van der Waals surface area (Å²) in [5.41, 5.74) is 1.90. The van der Waals surface area contributed by atoms with Crippen molar-refractivity contribution in [2.24, 2.45) is 0 Å². The lowest BCUT2D eigenvalue weighted by Gasteiger charge is -2.46. The molecule has 0 amide bonds. The first-order valence-electron chi connectivity index (χ1n) is 7.70. The Kier molecular flexibility index (Phi) is 3.97. The number of rotatable bonds is 2. The summed E-state index contributed by atoms with van der Waals surface area (Å²) < 4.78 is 0. The van der Waals surface area contributed by atoms with Gasteiger partial charge in [-0.15, -0.1) is 11.3 Å². The van der Waals surface area contributed by atoms with Crippen LogP contribution in [0.2, 0.25) is 0 Å². The minimum atomic E-state index is 0.442. The molecule has 1 saturated heterocycles. The van der Waals surface area contributed by atoms with Gasteiger partial charge in [-0.25, -0.2) is 0 Å². The maximum absolute atomic E-state index is 3.83. The summed E-state index contributed by atoms with van der Waals surface area (Å²) in [5.74, 6) is 0. The third-order valence-electron chi connectivity index (χ3n) is 4.86. The zero-order valence-electron chi connectivity index (χ0n) is 12.3. The zero-order chi connectivity index (χ0) is 13.3. The largest absolute Gasteiger partial charge is 0.309 e. The molecule has 3 heteroatoms. The fourth-order valence-electron chi connectivity index (χ4n) is 3.69. The third kappa shape index (κ3) is 3.04. The number of hydrogen-bond donors (Lipinski definition) is 1. The molecular weight excluding hydrogens is 252 g/mol. The Morgan fingerprint density at radius 1 is 1.26 bits per heavy atom. The smallest absolute Gasteiger partial charge is 0.0329 e. The fourth-order valence-corrected chi connectivity index (χ4v) is 4.78. The van der Waals surface area contributed by atoms with Crippen LogP contribution in [0.3, 0.4) is 0 Å². The van der Waals surface area contributed by atoms with Crippen LogP contribution in [0, 0.1) is 13.8 Å². The summed E-state index contributed by atoms with van der Waals surface area (Å²) in [7, 11) is 0. The molecule has 3 rings (SSSR count). The minimum Gasteiger partial charge on any atom is -0.309 e. The van der Waals surface area contributed by atoms with Crippen molar-refractivity contribution in [1.82, 2.24) is 10.2 Å². The van der Waals surface area contributed by atoms with E-state index in [-0.39, 0.29) is 0 Å². The lowest BCUT2D eigenvalue weighted by Crippen LogP contribution is -2.60. The van der Waals surface area contributed by atoms with E-state index in [1.54, 1.807) is 4.88 Å². The molecule has 0 bridgehead atoms. The van der Waals surface area contributed by atoms with Crippen LogP contribution in [-0.2, 0) is 6.54 Å². The van der Waals surface area contributed by atoms with E-state index in [0.29, 0.717) is 5.54 Å². The second-order valence-electron chi connectivity index (χ2n) is 6.43. The van der Waals surface area contributed by atoms with Crippen LogP contribution < -0.4 is 5.32 Å². The van der Waals surface area contributed by atoms with Crippen molar-refractivity contribution in [3.8, 4) is 0 Å². The lowest BCUT2D eigenvalue weighted by molar-refractivity contribution is 0.0952. The molecule has 1 saturated carbocycles. The van der Waals surface area contributed by atoms with E-state index in [1.165, 1.54) is 62.2 Å². The second-order valence-corrected chi connectivity index (χ2v) is 7.77. The van der Waals surface area contributed by atoms with Crippen molar-refractivity contribution < 1.29 is 0 Å². The third-order valence-corrected chi connectivity index (χ3v) is 6.00. The topological polar surface area (TPSA) is 15.3 Å². The first-order valence-corrected chi connectivity index (χ1v) is 8.52. The number of aryl methyl sites for hydroxylation is 2. The quantitative estimate of drug-likeness (QED) is 0.891. The van der Waals surface area contributed by atoms with Gasteiger partial charge in [0.25, 0.3) is 0 Å². The molecule has 106 valence electrons. The Hall–Kier alpha value is -0.380. The Morgan fingerprint density at radius 3 is 2.74 bits per heavy atom. The Morgan fingerprint density at radius 2 is 2.05 bits per heavy atom. The molecule has 19 heavy (non-hydrogen) atoms. The van der Waals surface area contributed by atoms with Gasteiger partial charge < -0.3 is 5.32 Å². The van der Waals surface area contributed by atoms with E-state index >= 15 is 0 Å². The molecule has 1 aliphatic heterocycles. The highest BCUT2D eigenvalue weighted by molar-refractivity contribution is 7.12. The predicted molar refractivity (Wildman–Crippen MR) is 82.9 cm³/mol. The highest BCUT2D eigenvalue weighted by Gasteiger charge is 2.35. The fraction of sp³-hybridized carbons (Fsp3) is 0.750. The van der Waals surface area contributed by atoms with E-state index in [4.69, 9.17) is 0 Å². The average Bonchev–Trinajstić information content (AvgIpc) is 2.69. The molecule has 0 aromatic carbocycles. The minimum absolute atomic E-state index is 0.442.